The Kier molecular flexibility index (Phi) is 5.11. The highest BCUT2D eigenvalue weighted by atomic mass is 19.4. The molecule has 2 aromatic rings. The molecular weight excluding hydrogens is 323 g/mol. The van der Waals surface area contributed by atoms with Gasteiger partial charge < -0.3 is 9.30 Å². The predicted molar refractivity (Wildman–Crippen MR) is 81.8 cm³/mol. The van der Waals surface area contributed by atoms with Crippen molar-refractivity contribution in [3.05, 3.63) is 69.6 Å². The largest absolute Gasteiger partial charge is 0.459 e. The highest BCUT2D eigenvalue weighted by Crippen LogP contribution is 2.28. The Morgan fingerprint density at radius 3 is 2.29 bits per heavy atom. The van der Waals surface area contributed by atoms with E-state index in [-0.39, 0.29) is 12.6 Å². The third-order valence-electron chi connectivity index (χ3n) is 3.20. The summed E-state index contributed by atoms with van der Waals surface area (Å²) in [5.74, 6) is -0.479. The zero-order valence-corrected chi connectivity index (χ0v) is 13.1. The highest BCUT2D eigenvalue weighted by Gasteiger charge is 2.31. The van der Waals surface area contributed by atoms with Crippen LogP contribution in [0.4, 0.5) is 13.2 Å². The molecule has 7 heteroatoms. The Bertz CT molecular complexity index is 777. The van der Waals surface area contributed by atoms with Crippen LogP contribution in [0.25, 0.3) is 0 Å². The van der Waals surface area contributed by atoms with Crippen molar-refractivity contribution >= 4 is 5.97 Å². The molecule has 0 amide bonds. The quantitative estimate of drug-likeness (QED) is 0.801. The average Bonchev–Trinajstić information content (AvgIpc) is 2.48. The van der Waals surface area contributed by atoms with Gasteiger partial charge in [-0.25, -0.2) is 4.79 Å². The topological polar surface area (TPSA) is 48.3 Å². The summed E-state index contributed by atoms with van der Waals surface area (Å²) >= 11 is 0. The first-order valence-electron chi connectivity index (χ1n) is 7.24. The highest BCUT2D eigenvalue weighted by molar-refractivity contribution is 5.89. The average molecular weight is 339 g/mol. The van der Waals surface area contributed by atoms with Gasteiger partial charge in [-0.05, 0) is 37.6 Å². The monoisotopic (exact) mass is 339 g/mol. The fourth-order valence-electron chi connectivity index (χ4n) is 2.05. The molecule has 1 aromatic carbocycles. The van der Waals surface area contributed by atoms with Crippen LogP contribution in [0.2, 0.25) is 0 Å². The number of carbonyl (C=O) groups excluding carboxylic acids is 1. The maximum atomic E-state index is 12.7. The van der Waals surface area contributed by atoms with Gasteiger partial charge in [0.05, 0.1) is 23.8 Å². The normalized spacial score (nSPS) is 11.6. The Morgan fingerprint density at radius 1 is 1.12 bits per heavy atom. The molecule has 4 nitrogen and oxygen atoms in total. The minimum Gasteiger partial charge on any atom is -0.459 e. The van der Waals surface area contributed by atoms with Crippen molar-refractivity contribution in [2.45, 2.75) is 32.7 Å². The second-order valence-electron chi connectivity index (χ2n) is 5.53. The number of pyridine rings is 1. The van der Waals surface area contributed by atoms with Crippen molar-refractivity contribution in [2.24, 2.45) is 0 Å². The lowest BCUT2D eigenvalue weighted by atomic mass is 10.1. The van der Waals surface area contributed by atoms with Crippen LogP contribution < -0.4 is 5.56 Å². The van der Waals surface area contributed by atoms with E-state index in [9.17, 15) is 22.8 Å². The zero-order valence-electron chi connectivity index (χ0n) is 13.1. The molecule has 0 aliphatic heterocycles. The van der Waals surface area contributed by atoms with Crippen molar-refractivity contribution in [1.29, 1.82) is 0 Å². The van der Waals surface area contributed by atoms with E-state index in [0.29, 0.717) is 11.1 Å². The predicted octanol–water partition coefficient (Wildman–Crippen LogP) is 3.48. The van der Waals surface area contributed by atoms with Crippen molar-refractivity contribution in [3.63, 3.8) is 0 Å². The summed E-state index contributed by atoms with van der Waals surface area (Å²) in [4.78, 5) is 23.5. The molecule has 1 heterocycles. The maximum absolute atomic E-state index is 12.7. The smallest absolute Gasteiger partial charge is 0.417 e. The number of benzene rings is 1. The third-order valence-corrected chi connectivity index (χ3v) is 3.20. The van der Waals surface area contributed by atoms with Gasteiger partial charge in [-0.3, -0.25) is 4.79 Å². The lowest BCUT2D eigenvalue weighted by Gasteiger charge is -2.11. The molecule has 0 N–H and O–H groups in total. The number of hydrogen-bond donors (Lipinski definition) is 0. The van der Waals surface area contributed by atoms with Gasteiger partial charge in [0, 0.05) is 12.3 Å². The van der Waals surface area contributed by atoms with Gasteiger partial charge in [0.15, 0.2) is 0 Å². The Labute approximate surface area is 136 Å². The third kappa shape index (κ3) is 4.47. The second-order valence-corrected chi connectivity index (χ2v) is 5.53. The minimum atomic E-state index is -4.51. The van der Waals surface area contributed by atoms with Crippen molar-refractivity contribution < 1.29 is 22.7 Å². The van der Waals surface area contributed by atoms with Crippen LogP contribution in [0.1, 0.15) is 35.3 Å². The van der Waals surface area contributed by atoms with Crippen LogP contribution >= 0.6 is 0 Å². The summed E-state index contributed by atoms with van der Waals surface area (Å²) < 4.78 is 44.2. The number of rotatable bonds is 4. The summed E-state index contributed by atoms with van der Waals surface area (Å²) in [5.41, 5.74) is -0.494. The number of ether oxygens (including phenoxy) is 1. The Balaban J connectivity index is 2.20. The van der Waals surface area contributed by atoms with Crippen LogP contribution in [0.15, 0.2) is 47.4 Å². The number of alkyl halides is 3. The molecule has 1 aromatic heterocycles. The van der Waals surface area contributed by atoms with Crippen LogP contribution in [0, 0.1) is 0 Å². The molecule has 0 atom stereocenters. The van der Waals surface area contributed by atoms with E-state index >= 15 is 0 Å². The first kappa shape index (κ1) is 17.8. The SMILES string of the molecule is CC(C)OC(=O)c1ccc(Cn2cc(C(F)(F)F)ccc2=O)cc1. The van der Waals surface area contributed by atoms with E-state index in [4.69, 9.17) is 4.74 Å². The van der Waals surface area contributed by atoms with Gasteiger partial charge in [-0.15, -0.1) is 0 Å². The molecule has 0 saturated carbocycles. The standard InChI is InChI=1S/C17H16F3NO3/c1-11(2)24-16(23)13-5-3-12(4-6-13)9-21-10-14(17(18,19)20)7-8-15(21)22/h3-8,10-11H,9H2,1-2H3. The molecule has 0 aliphatic rings. The summed E-state index contributed by atoms with van der Waals surface area (Å²) in [7, 11) is 0. The number of aromatic nitrogens is 1. The van der Waals surface area contributed by atoms with E-state index in [0.717, 1.165) is 22.9 Å². The molecule has 0 fully saturated rings. The summed E-state index contributed by atoms with van der Waals surface area (Å²) in [6.07, 6.45) is -3.98. The molecule has 0 aliphatic carbocycles. The zero-order chi connectivity index (χ0) is 17.9. The number of esters is 1. The summed E-state index contributed by atoms with van der Waals surface area (Å²) in [5, 5.41) is 0. The van der Waals surface area contributed by atoms with E-state index in [2.05, 4.69) is 0 Å². The van der Waals surface area contributed by atoms with Gasteiger partial charge in [-0.1, -0.05) is 12.1 Å². The van der Waals surface area contributed by atoms with E-state index < -0.39 is 23.3 Å². The fourth-order valence-corrected chi connectivity index (χ4v) is 2.05. The van der Waals surface area contributed by atoms with Crippen LogP contribution in [0.3, 0.4) is 0 Å². The Morgan fingerprint density at radius 2 is 1.75 bits per heavy atom. The van der Waals surface area contributed by atoms with Gasteiger partial charge in [0.2, 0.25) is 0 Å². The molecule has 0 spiro atoms. The van der Waals surface area contributed by atoms with Gasteiger partial charge in [-0.2, -0.15) is 13.2 Å². The molecule has 0 bridgehead atoms. The van der Waals surface area contributed by atoms with Gasteiger partial charge in [0.25, 0.3) is 5.56 Å². The number of nitrogens with zero attached hydrogens (tertiary/aromatic N) is 1. The van der Waals surface area contributed by atoms with E-state index in [1.807, 2.05) is 0 Å². The molecule has 0 unspecified atom stereocenters. The molecule has 0 radical (unpaired) electrons. The number of carbonyl (C=O) groups is 1. The number of halogens is 3. The van der Waals surface area contributed by atoms with E-state index in [1.54, 1.807) is 26.0 Å². The van der Waals surface area contributed by atoms with Crippen LogP contribution in [0.5, 0.6) is 0 Å². The number of hydrogen-bond acceptors (Lipinski definition) is 3. The first-order valence-corrected chi connectivity index (χ1v) is 7.24. The first-order chi connectivity index (χ1) is 11.2. The van der Waals surface area contributed by atoms with Crippen molar-refractivity contribution in [3.8, 4) is 0 Å². The fraction of sp³-hybridized carbons (Fsp3) is 0.294. The molecule has 0 saturated heterocycles. The van der Waals surface area contributed by atoms with Gasteiger partial charge in [0.1, 0.15) is 0 Å². The summed E-state index contributed by atoms with van der Waals surface area (Å²) in [6.45, 7) is 3.43. The molecule has 24 heavy (non-hydrogen) atoms. The molecular formula is C17H16F3NO3. The molecule has 128 valence electrons. The van der Waals surface area contributed by atoms with Crippen molar-refractivity contribution in [2.75, 3.05) is 0 Å². The summed E-state index contributed by atoms with van der Waals surface area (Å²) in [6, 6.07) is 7.81. The molecule has 2 rings (SSSR count). The van der Waals surface area contributed by atoms with Crippen LogP contribution in [-0.2, 0) is 17.5 Å². The lowest BCUT2D eigenvalue weighted by Crippen LogP contribution is -2.22. The van der Waals surface area contributed by atoms with Crippen LogP contribution in [-0.4, -0.2) is 16.6 Å². The van der Waals surface area contributed by atoms with E-state index in [1.165, 1.54) is 12.1 Å². The maximum Gasteiger partial charge on any atom is 0.417 e. The van der Waals surface area contributed by atoms with Gasteiger partial charge >= 0.3 is 12.1 Å². The van der Waals surface area contributed by atoms with Crippen molar-refractivity contribution in [1.82, 2.24) is 4.57 Å². The minimum absolute atomic E-state index is 0.0255. The Hall–Kier alpha value is -2.57. The lowest BCUT2D eigenvalue weighted by molar-refractivity contribution is -0.138. The second kappa shape index (κ2) is 6.90.